The van der Waals surface area contributed by atoms with Gasteiger partial charge in [-0.05, 0) is 48.9 Å². The van der Waals surface area contributed by atoms with E-state index < -0.39 is 6.03 Å². The lowest BCUT2D eigenvalue weighted by molar-refractivity contribution is 0.262. The van der Waals surface area contributed by atoms with Crippen molar-refractivity contribution in [1.29, 1.82) is 0 Å². The quantitative estimate of drug-likeness (QED) is 0.504. The number of benzene rings is 2. The predicted molar refractivity (Wildman–Crippen MR) is 112 cm³/mol. The first kappa shape index (κ1) is 19.7. The van der Waals surface area contributed by atoms with Gasteiger partial charge < -0.3 is 20.7 Å². The molecule has 2 amide bonds. The van der Waals surface area contributed by atoms with Gasteiger partial charge >= 0.3 is 6.03 Å². The van der Waals surface area contributed by atoms with Gasteiger partial charge in [0, 0.05) is 23.8 Å². The Bertz CT molecular complexity index is 1010. The number of aryl methyl sites for hydroxylation is 1. The SMILES string of the molecule is CNc1cc(Oc2ccc(NC(=O)Nc3ccc(Cl)cc3Cl)c(C)c2)ncn1. The number of carbonyl (C=O) groups excluding carboxylic acids is 1. The second-order valence-electron chi connectivity index (χ2n) is 5.77. The summed E-state index contributed by atoms with van der Waals surface area (Å²) >= 11 is 11.9. The van der Waals surface area contributed by atoms with E-state index >= 15 is 0 Å². The van der Waals surface area contributed by atoms with Crippen LogP contribution < -0.4 is 20.7 Å². The Labute approximate surface area is 172 Å². The molecule has 3 N–H and O–H groups in total. The topological polar surface area (TPSA) is 88.2 Å². The lowest BCUT2D eigenvalue weighted by Crippen LogP contribution is -2.20. The number of amides is 2. The van der Waals surface area contributed by atoms with Gasteiger partial charge in [0.25, 0.3) is 0 Å². The fourth-order valence-corrected chi connectivity index (χ4v) is 2.82. The third-order valence-corrected chi connectivity index (χ3v) is 4.29. The van der Waals surface area contributed by atoms with Crippen LogP contribution in [0.4, 0.5) is 22.0 Å². The molecule has 0 aliphatic carbocycles. The zero-order chi connectivity index (χ0) is 20.1. The number of urea groups is 1. The van der Waals surface area contributed by atoms with Gasteiger partial charge in [-0.3, -0.25) is 0 Å². The highest BCUT2D eigenvalue weighted by Gasteiger charge is 2.09. The van der Waals surface area contributed by atoms with Gasteiger partial charge in [0.2, 0.25) is 5.88 Å². The molecule has 0 atom stereocenters. The maximum atomic E-state index is 12.2. The van der Waals surface area contributed by atoms with Crippen LogP contribution in [0.5, 0.6) is 11.6 Å². The summed E-state index contributed by atoms with van der Waals surface area (Å²) in [7, 11) is 1.76. The zero-order valence-electron chi connectivity index (χ0n) is 15.1. The fourth-order valence-electron chi connectivity index (χ4n) is 2.36. The highest BCUT2D eigenvalue weighted by atomic mass is 35.5. The summed E-state index contributed by atoms with van der Waals surface area (Å²) in [5.74, 6) is 1.65. The van der Waals surface area contributed by atoms with Gasteiger partial charge in [0.05, 0.1) is 10.7 Å². The van der Waals surface area contributed by atoms with E-state index in [1.807, 2.05) is 6.92 Å². The number of halogens is 2. The number of hydrogen-bond acceptors (Lipinski definition) is 5. The van der Waals surface area contributed by atoms with Crippen molar-refractivity contribution in [2.45, 2.75) is 6.92 Å². The molecule has 2 aromatic carbocycles. The number of rotatable bonds is 5. The average Bonchev–Trinajstić information content (AvgIpc) is 2.66. The minimum absolute atomic E-state index is 0.355. The summed E-state index contributed by atoms with van der Waals surface area (Å²) in [5, 5.41) is 9.23. The van der Waals surface area contributed by atoms with Crippen LogP contribution >= 0.6 is 23.2 Å². The molecule has 7 nitrogen and oxygen atoms in total. The maximum absolute atomic E-state index is 12.2. The number of aromatic nitrogens is 2. The van der Waals surface area contributed by atoms with E-state index in [4.69, 9.17) is 27.9 Å². The van der Waals surface area contributed by atoms with Crippen LogP contribution in [-0.2, 0) is 0 Å². The molecule has 0 unspecified atom stereocenters. The molecule has 1 aromatic heterocycles. The van der Waals surface area contributed by atoms with Gasteiger partial charge in [-0.2, -0.15) is 0 Å². The van der Waals surface area contributed by atoms with Crippen molar-refractivity contribution in [2.75, 3.05) is 23.0 Å². The minimum atomic E-state index is -0.421. The summed E-state index contributed by atoms with van der Waals surface area (Å²) < 4.78 is 5.73. The Morgan fingerprint density at radius 2 is 1.75 bits per heavy atom. The van der Waals surface area contributed by atoms with Crippen molar-refractivity contribution < 1.29 is 9.53 Å². The van der Waals surface area contributed by atoms with Crippen LogP contribution in [0.3, 0.4) is 0 Å². The molecule has 0 saturated heterocycles. The molecule has 3 rings (SSSR count). The molecule has 0 fully saturated rings. The van der Waals surface area contributed by atoms with E-state index in [9.17, 15) is 4.79 Å². The first-order valence-electron chi connectivity index (χ1n) is 8.26. The molecular formula is C19H17Cl2N5O2. The minimum Gasteiger partial charge on any atom is -0.439 e. The molecule has 3 aromatic rings. The van der Waals surface area contributed by atoms with Crippen LogP contribution in [0.25, 0.3) is 0 Å². The third kappa shape index (κ3) is 5.03. The Hall–Kier alpha value is -3.03. The molecule has 0 spiro atoms. The molecule has 144 valence electrons. The van der Waals surface area contributed by atoms with Gasteiger partial charge in [-0.15, -0.1) is 0 Å². The number of anilines is 3. The lowest BCUT2D eigenvalue weighted by atomic mass is 10.2. The zero-order valence-corrected chi connectivity index (χ0v) is 16.6. The van der Waals surface area contributed by atoms with E-state index in [2.05, 4.69) is 25.9 Å². The summed E-state index contributed by atoms with van der Waals surface area (Å²) in [6.45, 7) is 1.86. The third-order valence-electron chi connectivity index (χ3n) is 3.75. The Kier molecular flexibility index (Phi) is 6.18. The Balaban J connectivity index is 1.67. The van der Waals surface area contributed by atoms with Crippen LogP contribution in [0.15, 0.2) is 48.8 Å². The molecular weight excluding hydrogens is 401 g/mol. The van der Waals surface area contributed by atoms with Crippen molar-refractivity contribution in [3.05, 3.63) is 64.4 Å². The summed E-state index contributed by atoms with van der Waals surface area (Å²) in [5.41, 5.74) is 1.91. The second-order valence-corrected chi connectivity index (χ2v) is 6.62. The summed E-state index contributed by atoms with van der Waals surface area (Å²) in [4.78, 5) is 20.4. The van der Waals surface area contributed by atoms with Gasteiger partial charge in [-0.1, -0.05) is 23.2 Å². The molecule has 1 heterocycles. The van der Waals surface area contributed by atoms with Crippen molar-refractivity contribution in [1.82, 2.24) is 9.97 Å². The maximum Gasteiger partial charge on any atom is 0.323 e. The number of hydrogen-bond donors (Lipinski definition) is 3. The van der Waals surface area contributed by atoms with E-state index in [-0.39, 0.29) is 0 Å². The van der Waals surface area contributed by atoms with Crippen molar-refractivity contribution >= 4 is 46.4 Å². The van der Waals surface area contributed by atoms with Gasteiger partial charge in [0.1, 0.15) is 17.9 Å². The predicted octanol–water partition coefficient (Wildman–Crippen LogP) is 5.57. The summed E-state index contributed by atoms with van der Waals surface area (Å²) in [6.07, 6.45) is 1.41. The Morgan fingerprint density at radius 3 is 2.46 bits per heavy atom. The second kappa shape index (κ2) is 8.77. The van der Waals surface area contributed by atoms with Crippen LogP contribution in [0, 0.1) is 6.92 Å². The van der Waals surface area contributed by atoms with E-state index in [1.165, 1.54) is 6.33 Å². The van der Waals surface area contributed by atoms with Crippen LogP contribution in [-0.4, -0.2) is 23.0 Å². The standard InChI is InChI=1S/C19H17Cl2N5O2/c1-11-7-13(28-18-9-17(22-2)23-10-24-18)4-6-15(11)25-19(27)26-16-5-3-12(20)8-14(16)21/h3-10H,1-2H3,(H,22,23,24)(H2,25,26,27). The van der Waals surface area contributed by atoms with Crippen LogP contribution in [0.1, 0.15) is 5.56 Å². The van der Waals surface area contributed by atoms with E-state index in [0.717, 1.165) is 5.56 Å². The van der Waals surface area contributed by atoms with Crippen molar-refractivity contribution in [2.24, 2.45) is 0 Å². The normalized spacial score (nSPS) is 10.3. The molecule has 0 radical (unpaired) electrons. The lowest BCUT2D eigenvalue weighted by Gasteiger charge is -2.12. The van der Waals surface area contributed by atoms with Gasteiger partial charge in [0.15, 0.2) is 0 Å². The number of nitrogens with zero attached hydrogens (tertiary/aromatic N) is 2. The highest BCUT2D eigenvalue weighted by Crippen LogP contribution is 2.27. The Morgan fingerprint density at radius 1 is 1.00 bits per heavy atom. The molecule has 9 heteroatoms. The van der Waals surface area contributed by atoms with Crippen molar-refractivity contribution in [3.8, 4) is 11.6 Å². The largest absolute Gasteiger partial charge is 0.439 e. The smallest absolute Gasteiger partial charge is 0.323 e. The van der Waals surface area contributed by atoms with E-state index in [0.29, 0.717) is 38.9 Å². The fraction of sp³-hybridized carbons (Fsp3) is 0.105. The molecule has 0 aliphatic rings. The first-order valence-corrected chi connectivity index (χ1v) is 9.01. The molecule has 28 heavy (non-hydrogen) atoms. The van der Waals surface area contributed by atoms with E-state index in [1.54, 1.807) is 49.5 Å². The van der Waals surface area contributed by atoms with Crippen molar-refractivity contribution in [3.63, 3.8) is 0 Å². The average molecular weight is 418 g/mol. The highest BCUT2D eigenvalue weighted by molar-refractivity contribution is 6.36. The van der Waals surface area contributed by atoms with Crippen LogP contribution in [0.2, 0.25) is 10.0 Å². The van der Waals surface area contributed by atoms with Gasteiger partial charge in [-0.25, -0.2) is 14.8 Å². The number of nitrogens with one attached hydrogen (secondary N) is 3. The first-order chi connectivity index (χ1) is 13.4. The number of carbonyl (C=O) groups is 1. The molecule has 0 saturated carbocycles. The summed E-state index contributed by atoms with van der Waals surface area (Å²) in [6, 6.07) is 11.4. The number of ether oxygens (including phenoxy) is 1. The molecule has 0 bridgehead atoms. The molecule has 0 aliphatic heterocycles. The monoisotopic (exact) mass is 417 g/mol.